The van der Waals surface area contributed by atoms with Gasteiger partial charge in [0.2, 0.25) is 0 Å². The quantitative estimate of drug-likeness (QED) is 0.549. The monoisotopic (exact) mass is 455 g/mol. The Morgan fingerprint density at radius 1 is 1.12 bits per heavy atom. The molecule has 12 heteroatoms. The van der Waals surface area contributed by atoms with Crippen LogP contribution in [0.5, 0.6) is 5.75 Å². The number of anilines is 1. The van der Waals surface area contributed by atoms with Gasteiger partial charge in [-0.25, -0.2) is 19.7 Å². The number of amides is 1. The highest BCUT2D eigenvalue weighted by Crippen LogP contribution is 2.33. The summed E-state index contributed by atoms with van der Waals surface area (Å²) in [5, 5.41) is 2.56. The van der Waals surface area contributed by atoms with E-state index in [1.54, 1.807) is 34.9 Å². The van der Waals surface area contributed by atoms with Gasteiger partial charge in [0, 0.05) is 20.3 Å². The summed E-state index contributed by atoms with van der Waals surface area (Å²) < 4.78 is 23.2. The predicted octanol–water partition coefficient (Wildman–Crippen LogP) is 2.22. The first-order chi connectivity index (χ1) is 15.9. The van der Waals surface area contributed by atoms with Crippen LogP contribution in [0.4, 0.5) is 10.6 Å². The number of aromatic nitrogens is 4. The van der Waals surface area contributed by atoms with Crippen molar-refractivity contribution in [2.45, 2.75) is 38.7 Å². The molecule has 2 aromatic heterocycles. The number of rotatable bonds is 6. The van der Waals surface area contributed by atoms with Crippen molar-refractivity contribution in [1.82, 2.24) is 19.5 Å². The molecule has 0 bridgehead atoms. The van der Waals surface area contributed by atoms with Crippen molar-refractivity contribution in [3.63, 3.8) is 0 Å². The summed E-state index contributed by atoms with van der Waals surface area (Å²) in [6.07, 6.45) is 0.442. The zero-order valence-corrected chi connectivity index (χ0v) is 17.8. The van der Waals surface area contributed by atoms with E-state index in [0.29, 0.717) is 23.3 Å². The molecular formula is C21H21N5O7. The van der Waals surface area contributed by atoms with Gasteiger partial charge in [-0.3, -0.25) is 19.5 Å². The molecule has 1 N–H and O–H groups in total. The molecule has 172 valence electrons. The van der Waals surface area contributed by atoms with Gasteiger partial charge in [-0.15, -0.1) is 0 Å². The Kier molecular flexibility index (Phi) is 6.45. The van der Waals surface area contributed by atoms with Crippen molar-refractivity contribution in [2.24, 2.45) is 0 Å². The summed E-state index contributed by atoms with van der Waals surface area (Å²) in [6.45, 7) is 2.51. The number of para-hydroxylation sites is 1. The van der Waals surface area contributed by atoms with Gasteiger partial charge in [-0.2, -0.15) is 0 Å². The zero-order valence-electron chi connectivity index (χ0n) is 17.8. The Bertz CT molecular complexity index is 1170. The van der Waals surface area contributed by atoms with Gasteiger partial charge in [-0.1, -0.05) is 18.2 Å². The zero-order chi connectivity index (χ0) is 23.4. The summed E-state index contributed by atoms with van der Waals surface area (Å²) in [6, 6.07) is 8.58. The van der Waals surface area contributed by atoms with Crippen LogP contribution in [0.2, 0.25) is 0 Å². The van der Waals surface area contributed by atoms with Crippen LogP contribution >= 0.6 is 0 Å². The van der Waals surface area contributed by atoms with E-state index in [0.717, 1.165) is 0 Å². The molecular weight excluding hydrogens is 434 g/mol. The van der Waals surface area contributed by atoms with E-state index in [2.05, 4.69) is 20.3 Å². The Morgan fingerprint density at radius 3 is 2.64 bits per heavy atom. The Balaban J connectivity index is 1.52. The van der Waals surface area contributed by atoms with E-state index in [1.165, 1.54) is 26.5 Å². The Hall–Kier alpha value is -4.06. The van der Waals surface area contributed by atoms with E-state index in [-0.39, 0.29) is 12.4 Å². The van der Waals surface area contributed by atoms with E-state index >= 15 is 0 Å². The van der Waals surface area contributed by atoms with Crippen molar-refractivity contribution in [1.29, 1.82) is 0 Å². The highest BCUT2D eigenvalue weighted by Gasteiger charge is 2.40. The maximum Gasteiger partial charge on any atom is 0.418 e. The standard InChI is InChI=1S/C21H21N5O7/c1-12(27)30-9-16-15(31-13(2)28)8-17(33-16)26-11-24-18-19(22-10-23-20(18)26)25-21(29)32-14-6-4-3-5-7-14/h3-7,10-11,15-17H,8-9H2,1-2H3,(H,22,23,25,29)/t15-,16+,17+/m0/s1. The predicted molar refractivity (Wildman–Crippen MR) is 112 cm³/mol. The van der Waals surface area contributed by atoms with Crippen LogP contribution in [0, 0.1) is 0 Å². The third kappa shape index (κ3) is 5.23. The molecule has 0 radical (unpaired) electrons. The fourth-order valence-corrected chi connectivity index (χ4v) is 3.43. The first-order valence-electron chi connectivity index (χ1n) is 10.1. The maximum atomic E-state index is 12.3. The number of esters is 2. The number of nitrogens with one attached hydrogen (secondary N) is 1. The summed E-state index contributed by atoms with van der Waals surface area (Å²) in [7, 11) is 0. The minimum absolute atomic E-state index is 0.0659. The molecule has 3 heterocycles. The summed E-state index contributed by atoms with van der Waals surface area (Å²) >= 11 is 0. The highest BCUT2D eigenvalue weighted by molar-refractivity contribution is 5.94. The second-order valence-electron chi connectivity index (χ2n) is 7.19. The summed E-state index contributed by atoms with van der Waals surface area (Å²) in [5.41, 5.74) is 0.707. The van der Waals surface area contributed by atoms with Crippen molar-refractivity contribution in [3.05, 3.63) is 43.0 Å². The van der Waals surface area contributed by atoms with Gasteiger partial charge in [0.1, 0.15) is 37.1 Å². The van der Waals surface area contributed by atoms with Crippen LogP contribution in [0.1, 0.15) is 26.5 Å². The smallest absolute Gasteiger partial charge is 0.418 e. The van der Waals surface area contributed by atoms with E-state index in [4.69, 9.17) is 18.9 Å². The van der Waals surface area contributed by atoms with Gasteiger partial charge >= 0.3 is 18.0 Å². The first-order valence-corrected chi connectivity index (χ1v) is 10.1. The number of carbonyl (C=O) groups excluding carboxylic acids is 3. The number of imidazole rings is 1. The summed E-state index contributed by atoms with van der Waals surface area (Å²) in [4.78, 5) is 47.6. The number of benzene rings is 1. The molecule has 33 heavy (non-hydrogen) atoms. The lowest BCUT2D eigenvalue weighted by Crippen LogP contribution is -2.31. The van der Waals surface area contributed by atoms with Gasteiger partial charge in [0.25, 0.3) is 0 Å². The highest BCUT2D eigenvalue weighted by atomic mass is 16.6. The van der Waals surface area contributed by atoms with Crippen LogP contribution in [0.15, 0.2) is 43.0 Å². The van der Waals surface area contributed by atoms with Gasteiger partial charge in [0.05, 0.1) is 6.33 Å². The minimum Gasteiger partial charge on any atom is -0.463 e. The number of ether oxygens (including phenoxy) is 4. The fraction of sp³-hybridized carbons (Fsp3) is 0.333. The molecule has 12 nitrogen and oxygen atoms in total. The van der Waals surface area contributed by atoms with Crippen molar-refractivity contribution < 1.29 is 33.3 Å². The largest absolute Gasteiger partial charge is 0.463 e. The molecule has 1 amide bonds. The van der Waals surface area contributed by atoms with Crippen LogP contribution in [0.3, 0.4) is 0 Å². The number of hydrogen-bond acceptors (Lipinski definition) is 10. The average Bonchev–Trinajstić information content (AvgIpc) is 3.37. The second-order valence-corrected chi connectivity index (χ2v) is 7.19. The van der Waals surface area contributed by atoms with Crippen molar-refractivity contribution in [3.8, 4) is 5.75 Å². The van der Waals surface area contributed by atoms with Crippen LogP contribution < -0.4 is 10.1 Å². The Morgan fingerprint density at radius 2 is 1.91 bits per heavy atom. The maximum absolute atomic E-state index is 12.3. The van der Waals surface area contributed by atoms with E-state index in [1.807, 2.05) is 0 Å². The van der Waals surface area contributed by atoms with E-state index in [9.17, 15) is 14.4 Å². The molecule has 4 rings (SSSR count). The lowest BCUT2D eigenvalue weighted by Gasteiger charge is -2.17. The molecule has 1 aromatic carbocycles. The van der Waals surface area contributed by atoms with Crippen LogP contribution in [-0.4, -0.2) is 56.4 Å². The number of nitrogens with zero attached hydrogens (tertiary/aromatic N) is 4. The van der Waals surface area contributed by atoms with Crippen LogP contribution in [0.25, 0.3) is 11.2 Å². The summed E-state index contributed by atoms with van der Waals surface area (Å²) in [5.74, 6) is -0.410. The van der Waals surface area contributed by atoms with Gasteiger partial charge < -0.3 is 18.9 Å². The molecule has 3 aromatic rings. The lowest BCUT2D eigenvalue weighted by molar-refractivity contribution is -0.155. The molecule has 1 aliphatic heterocycles. The number of carbonyl (C=O) groups is 3. The van der Waals surface area contributed by atoms with Gasteiger partial charge in [-0.05, 0) is 12.1 Å². The average molecular weight is 455 g/mol. The number of fused-ring (bicyclic) bond motifs is 1. The molecule has 0 unspecified atom stereocenters. The molecule has 1 aliphatic rings. The molecule has 0 spiro atoms. The molecule has 1 saturated heterocycles. The third-order valence-electron chi connectivity index (χ3n) is 4.79. The first kappa shape index (κ1) is 22.1. The molecule has 1 fully saturated rings. The SMILES string of the molecule is CC(=O)OC[C@H]1O[C@@H](n2cnc3c(NC(=O)Oc4ccccc4)ncnc32)C[C@@H]1OC(C)=O. The number of hydrogen-bond donors (Lipinski definition) is 1. The Labute approximate surface area is 187 Å². The minimum atomic E-state index is -0.732. The molecule has 0 saturated carbocycles. The third-order valence-corrected chi connectivity index (χ3v) is 4.79. The fourth-order valence-electron chi connectivity index (χ4n) is 3.43. The van der Waals surface area contributed by atoms with Crippen molar-refractivity contribution in [2.75, 3.05) is 11.9 Å². The van der Waals surface area contributed by atoms with Crippen molar-refractivity contribution >= 4 is 35.0 Å². The second kappa shape index (κ2) is 9.61. The molecule has 0 aliphatic carbocycles. The lowest BCUT2D eigenvalue weighted by atomic mass is 10.2. The topological polar surface area (TPSA) is 144 Å². The normalized spacial score (nSPS) is 19.8. The van der Waals surface area contributed by atoms with E-state index < -0.39 is 36.5 Å². The van der Waals surface area contributed by atoms with Gasteiger partial charge in [0.15, 0.2) is 17.0 Å². The molecule has 3 atom stereocenters. The van der Waals surface area contributed by atoms with Crippen LogP contribution in [-0.2, 0) is 23.8 Å².